The molecule has 8 nitrogen and oxygen atoms in total. The molecule has 0 heterocycles. The maximum absolute atomic E-state index is 12.7. The molecule has 1 aliphatic carbocycles. The SMILES string of the molecule is Cc1cc(O)ccc1NC(=O)C(CC(=O)O)NC(=O)OCC1c2ccccc2-c2ccccc21. The summed E-state index contributed by atoms with van der Waals surface area (Å²) in [5.41, 5.74) is 5.23. The van der Waals surface area contributed by atoms with Gasteiger partial charge in [0.2, 0.25) is 5.91 Å². The van der Waals surface area contributed by atoms with Crippen molar-refractivity contribution in [3.63, 3.8) is 0 Å². The van der Waals surface area contributed by atoms with Crippen LogP contribution in [0.15, 0.2) is 66.7 Å². The number of alkyl carbamates (subject to hydrolysis) is 1. The molecule has 2 amide bonds. The Morgan fingerprint density at radius 1 is 0.971 bits per heavy atom. The fourth-order valence-corrected chi connectivity index (χ4v) is 4.17. The normalized spacial score (nSPS) is 12.9. The number of anilines is 1. The summed E-state index contributed by atoms with van der Waals surface area (Å²) in [7, 11) is 0. The second-order valence-corrected chi connectivity index (χ2v) is 8.11. The zero-order valence-electron chi connectivity index (χ0n) is 18.4. The van der Waals surface area contributed by atoms with Crippen LogP contribution < -0.4 is 10.6 Å². The number of carboxylic acids is 1. The topological polar surface area (TPSA) is 125 Å². The Morgan fingerprint density at radius 3 is 2.18 bits per heavy atom. The molecule has 34 heavy (non-hydrogen) atoms. The van der Waals surface area contributed by atoms with Crippen LogP contribution >= 0.6 is 0 Å². The van der Waals surface area contributed by atoms with Crippen LogP contribution in [-0.4, -0.2) is 40.8 Å². The largest absolute Gasteiger partial charge is 0.508 e. The van der Waals surface area contributed by atoms with Gasteiger partial charge >= 0.3 is 12.1 Å². The fourth-order valence-electron chi connectivity index (χ4n) is 4.17. The quantitative estimate of drug-likeness (QED) is 0.395. The van der Waals surface area contributed by atoms with Gasteiger partial charge in [0.15, 0.2) is 0 Å². The minimum Gasteiger partial charge on any atom is -0.508 e. The van der Waals surface area contributed by atoms with Crippen molar-refractivity contribution >= 4 is 23.7 Å². The van der Waals surface area contributed by atoms with Gasteiger partial charge in [0.25, 0.3) is 0 Å². The van der Waals surface area contributed by atoms with Gasteiger partial charge in [-0.05, 0) is 52.9 Å². The number of ether oxygens (including phenoxy) is 1. The third kappa shape index (κ3) is 4.85. The van der Waals surface area contributed by atoms with Crippen molar-refractivity contribution in [2.45, 2.75) is 25.3 Å². The van der Waals surface area contributed by atoms with Crippen molar-refractivity contribution in [1.29, 1.82) is 0 Å². The first-order chi connectivity index (χ1) is 16.3. The Balaban J connectivity index is 1.43. The maximum atomic E-state index is 12.7. The summed E-state index contributed by atoms with van der Waals surface area (Å²) in [6.45, 7) is 1.72. The van der Waals surface area contributed by atoms with Crippen LogP contribution in [0.2, 0.25) is 0 Å². The zero-order chi connectivity index (χ0) is 24.2. The average molecular weight is 460 g/mol. The standard InChI is InChI=1S/C26H24N2O6/c1-15-12-16(29)10-11-22(15)27-25(32)23(13-24(30)31)28-26(33)34-14-21-19-8-4-2-6-17(19)18-7-3-5-9-20(18)21/h2-12,21,23,29H,13-14H2,1H3,(H,27,32)(H,28,33)(H,30,31). The van der Waals surface area contributed by atoms with E-state index in [1.54, 1.807) is 6.92 Å². The molecular formula is C26H24N2O6. The van der Waals surface area contributed by atoms with Crippen LogP contribution in [0, 0.1) is 6.92 Å². The number of aryl methyl sites for hydroxylation is 1. The zero-order valence-corrected chi connectivity index (χ0v) is 18.4. The van der Waals surface area contributed by atoms with Crippen LogP contribution in [0.3, 0.4) is 0 Å². The number of amides is 2. The van der Waals surface area contributed by atoms with Crippen molar-refractivity contribution in [3.8, 4) is 16.9 Å². The number of aliphatic carboxylic acids is 1. The molecule has 1 atom stereocenters. The second kappa shape index (κ2) is 9.66. The lowest BCUT2D eigenvalue weighted by atomic mass is 9.98. The van der Waals surface area contributed by atoms with Gasteiger partial charge in [-0.15, -0.1) is 0 Å². The Hall–Kier alpha value is -4.33. The van der Waals surface area contributed by atoms with E-state index in [2.05, 4.69) is 10.6 Å². The highest BCUT2D eigenvalue weighted by Gasteiger charge is 2.30. The molecule has 0 aliphatic heterocycles. The van der Waals surface area contributed by atoms with Crippen LogP contribution in [0.5, 0.6) is 5.75 Å². The summed E-state index contributed by atoms with van der Waals surface area (Å²) >= 11 is 0. The third-order valence-corrected chi connectivity index (χ3v) is 5.80. The smallest absolute Gasteiger partial charge is 0.407 e. The minimum absolute atomic E-state index is 0.0364. The summed E-state index contributed by atoms with van der Waals surface area (Å²) in [5.74, 6) is -2.08. The molecule has 0 fully saturated rings. The lowest BCUT2D eigenvalue weighted by molar-refractivity contribution is -0.139. The summed E-state index contributed by atoms with van der Waals surface area (Å²) in [6, 6.07) is 18.8. The van der Waals surface area contributed by atoms with Crippen molar-refractivity contribution in [1.82, 2.24) is 5.32 Å². The van der Waals surface area contributed by atoms with Crippen LogP contribution in [-0.2, 0) is 14.3 Å². The van der Waals surface area contributed by atoms with Crippen LogP contribution in [0.25, 0.3) is 11.1 Å². The number of benzene rings is 3. The third-order valence-electron chi connectivity index (χ3n) is 5.80. The molecule has 8 heteroatoms. The first-order valence-electron chi connectivity index (χ1n) is 10.8. The number of carboxylic acid groups (broad SMARTS) is 1. The van der Waals surface area contributed by atoms with E-state index in [-0.39, 0.29) is 18.3 Å². The molecular weight excluding hydrogens is 436 g/mol. The number of carbonyl (C=O) groups excluding carboxylic acids is 2. The van der Waals surface area contributed by atoms with E-state index < -0.39 is 30.4 Å². The number of rotatable bonds is 7. The number of phenols is 1. The predicted molar refractivity (Wildman–Crippen MR) is 126 cm³/mol. The lowest BCUT2D eigenvalue weighted by Gasteiger charge is -2.19. The Bertz CT molecular complexity index is 1210. The van der Waals surface area contributed by atoms with Gasteiger partial charge in [0.05, 0.1) is 6.42 Å². The molecule has 0 saturated heterocycles. The second-order valence-electron chi connectivity index (χ2n) is 8.11. The predicted octanol–water partition coefficient (Wildman–Crippen LogP) is 4.02. The summed E-state index contributed by atoms with van der Waals surface area (Å²) in [6.07, 6.45) is -1.50. The molecule has 4 rings (SSSR count). The summed E-state index contributed by atoms with van der Waals surface area (Å²) in [4.78, 5) is 36.5. The molecule has 1 aliphatic rings. The fraction of sp³-hybridized carbons (Fsp3) is 0.192. The van der Waals surface area contributed by atoms with E-state index in [1.165, 1.54) is 18.2 Å². The lowest BCUT2D eigenvalue weighted by Crippen LogP contribution is -2.45. The Kier molecular flexibility index (Phi) is 6.49. The highest BCUT2D eigenvalue weighted by atomic mass is 16.5. The molecule has 0 aromatic heterocycles. The van der Waals surface area contributed by atoms with Gasteiger partial charge in [-0.3, -0.25) is 9.59 Å². The summed E-state index contributed by atoms with van der Waals surface area (Å²) < 4.78 is 5.44. The molecule has 3 aromatic carbocycles. The van der Waals surface area contributed by atoms with Gasteiger partial charge in [0.1, 0.15) is 18.4 Å². The highest BCUT2D eigenvalue weighted by Crippen LogP contribution is 2.44. The molecule has 0 saturated carbocycles. The maximum Gasteiger partial charge on any atom is 0.407 e. The van der Waals surface area contributed by atoms with Gasteiger partial charge in [-0.2, -0.15) is 0 Å². The monoisotopic (exact) mass is 460 g/mol. The average Bonchev–Trinajstić information content (AvgIpc) is 3.12. The number of fused-ring (bicyclic) bond motifs is 3. The van der Waals surface area contributed by atoms with Crippen LogP contribution in [0.4, 0.5) is 10.5 Å². The van der Waals surface area contributed by atoms with E-state index in [1.807, 2.05) is 48.5 Å². The number of carbonyl (C=O) groups is 3. The number of hydrogen-bond acceptors (Lipinski definition) is 5. The van der Waals surface area contributed by atoms with E-state index in [0.717, 1.165) is 22.3 Å². The van der Waals surface area contributed by atoms with E-state index in [9.17, 15) is 24.6 Å². The number of phenolic OH excluding ortho intramolecular Hbond substituents is 1. The number of aromatic hydroxyl groups is 1. The molecule has 174 valence electrons. The minimum atomic E-state index is -1.35. The van der Waals surface area contributed by atoms with Crippen molar-refractivity contribution in [3.05, 3.63) is 83.4 Å². The van der Waals surface area contributed by atoms with Gasteiger partial charge in [0, 0.05) is 11.6 Å². The Labute approximate surface area is 196 Å². The molecule has 3 aromatic rings. The number of hydrogen-bond donors (Lipinski definition) is 4. The summed E-state index contributed by atoms with van der Waals surface area (Å²) in [5, 5.41) is 23.7. The molecule has 0 spiro atoms. The number of nitrogens with one attached hydrogen (secondary N) is 2. The van der Waals surface area contributed by atoms with Gasteiger partial charge < -0.3 is 25.6 Å². The van der Waals surface area contributed by atoms with E-state index >= 15 is 0 Å². The first-order valence-corrected chi connectivity index (χ1v) is 10.8. The molecule has 0 bridgehead atoms. The molecule has 1 unspecified atom stereocenters. The Morgan fingerprint density at radius 2 is 1.59 bits per heavy atom. The first kappa shape index (κ1) is 22.8. The van der Waals surface area contributed by atoms with Crippen molar-refractivity contribution < 1.29 is 29.3 Å². The van der Waals surface area contributed by atoms with Crippen molar-refractivity contribution in [2.24, 2.45) is 0 Å². The van der Waals surface area contributed by atoms with Crippen LogP contribution in [0.1, 0.15) is 29.0 Å². The van der Waals surface area contributed by atoms with Gasteiger partial charge in [-0.1, -0.05) is 48.5 Å². The van der Waals surface area contributed by atoms with E-state index in [0.29, 0.717) is 11.3 Å². The van der Waals surface area contributed by atoms with E-state index in [4.69, 9.17) is 4.74 Å². The van der Waals surface area contributed by atoms with Crippen molar-refractivity contribution in [2.75, 3.05) is 11.9 Å². The van der Waals surface area contributed by atoms with Gasteiger partial charge in [-0.25, -0.2) is 4.79 Å². The molecule has 0 radical (unpaired) electrons. The molecule has 4 N–H and O–H groups in total. The highest BCUT2D eigenvalue weighted by molar-refractivity contribution is 5.99.